The summed E-state index contributed by atoms with van der Waals surface area (Å²) in [5, 5.41) is 4.65. The summed E-state index contributed by atoms with van der Waals surface area (Å²) in [5.41, 5.74) is 2.41. The molecule has 8 heteroatoms. The van der Waals surface area contributed by atoms with Gasteiger partial charge in [-0.1, -0.05) is 23.7 Å². The molecule has 0 radical (unpaired) electrons. The van der Waals surface area contributed by atoms with E-state index >= 15 is 0 Å². The van der Waals surface area contributed by atoms with Crippen LogP contribution in [0.15, 0.2) is 67.1 Å². The van der Waals surface area contributed by atoms with Crippen molar-refractivity contribution in [2.45, 2.75) is 6.61 Å². The standard InChI is InChI=1S/C24H24ClN5O2/c1-30(2)12-13-31-22-8-5-7-20-23(22)24(28-16-27-20)29-17-9-10-21(19(25)14-17)32-15-18-6-3-4-11-26-18/h3-11,14,16H,12-13,15H2,1-2H3,(H,27,28,29). The van der Waals surface area contributed by atoms with Gasteiger partial charge in [-0.25, -0.2) is 9.97 Å². The highest BCUT2D eigenvalue weighted by Gasteiger charge is 2.12. The van der Waals surface area contributed by atoms with Crippen LogP contribution in [0.5, 0.6) is 11.5 Å². The lowest BCUT2D eigenvalue weighted by Crippen LogP contribution is -2.19. The number of ether oxygens (including phenoxy) is 2. The van der Waals surface area contributed by atoms with Gasteiger partial charge in [-0.05, 0) is 56.6 Å². The van der Waals surface area contributed by atoms with Crippen molar-refractivity contribution in [3.8, 4) is 11.5 Å². The second-order valence-corrected chi connectivity index (χ2v) is 7.81. The van der Waals surface area contributed by atoms with Crippen LogP contribution in [0, 0.1) is 0 Å². The average Bonchev–Trinajstić information content (AvgIpc) is 2.79. The van der Waals surface area contributed by atoms with Crippen molar-refractivity contribution in [2.24, 2.45) is 0 Å². The Bertz CT molecular complexity index is 1180. The molecule has 2 aromatic carbocycles. The zero-order chi connectivity index (χ0) is 22.3. The van der Waals surface area contributed by atoms with E-state index in [0.717, 1.165) is 34.6 Å². The molecule has 4 rings (SSSR count). The predicted molar refractivity (Wildman–Crippen MR) is 127 cm³/mol. The van der Waals surface area contributed by atoms with Gasteiger partial charge in [-0.2, -0.15) is 0 Å². The van der Waals surface area contributed by atoms with Crippen LogP contribution in [0.2, 0.25) is 5.02 Å². The number of fused-ring (bicyclic) bond motifs is 1. The lowest BCUT2D eigenvalue weighted by Gasteiger charge is -2.15. The molecule has 2 aromatic heterocycles. The van der Waals surface area contributed by atoms with Gasteiger partial charge >= 0.3 is 0 Å². The molecule has 0 aliphatic heterocycles. The number of aromatic nitrogens is 3. The van der Waals surface area contributed by atoms with E-state index in [2.05, 4.69) is 25.2 Å². The van der Waals surface area contributed by atoms with Crippen molar-refractivity contribution in [3.05, 3.63) is 77.8 Å². The van der Waals surface area contributed by atoms with Gasteiger partial charge in [0.1, 0.15) is 36.9 Å². The fourth-order valence-electron chi connectivity index (χ4n) is 3.10. The predicted octanol–water partition coefficient (Wildman–Crippen LogP) is 4.94. The second kappa shape index (κ2) is 10.3. The molecule has 0 fully saturated rings. The molecule has 0 aliphatic rings. The van der Waals surface area contributed by atoms with E-state index in [1.165, 1.54) is 6.33 Å². The van der Waals surface area contributed by atoms with Gasteiger partial charge in [-0.3, -0.25) is 4.98 Å². The third-order valence-corrected chi connectivity index (χ3v) is 5.01. The van der Waals surface area contributed by atoms with Gasteiger partial charge in [0.15, 0.2) is 0 Å². The Balaban J connectivity index is 1.53. The minimum Gasteiger partial charge on any atom is -0.491 e. The Morgan fingerprint density at radius 3 is 2.62 bits per heavy atom. The van der Waals surface area contributed by atoms with Crippen LogP contribution in [-0.4, -0.2) is 47.1 Å². The third-order valence-electron chi connectivity index (χ3n) is 4.72. The molecule has 1 N–H and O–H groups in total. The molecule has 0 unspecified atom stereocenters. The molecule has 0 spiro atoms. The molecule has 32 heavy (non-hydrogen) atoms. The Morgan fingerprint density at radius 1 is 0.938 bits per heavy atom. The Labute approximate surface area is 192 Å². The highest BCUT2D eigenvalue weighted by Crippen LogP contribution is 2.34. The number of rotatable bonds is 9. The van der Waals surface area contributed by atoms with E-state index in [1.54, 1.807) is 12.3 Å². The van der Waals surface area contributed by atoms with Crippen LogP contribution in [0.3, 0.4) is 0 Å². The highest BCUT2D eigenvalue weighted by molar-refractivity contribution is 6.32. The second-order valence-electron chi connectivity index (χ2n) is 7.40. The minimum absolute atomic E-state index is 0.345. The van der Waals surface area contributed by atoms with E-state index in [1.807, 2.05) is 62.6 Å². The van der Waals surface area contributed by atoms with Crippen LogP contribution < -0.4 is 14.8 Å². The minimum atomic E-state index is 0.345. The number of hydrogen-bond acceptors (Lipinski definition) is 7. The topological polar surface area (TPSA) is 72.4 Å². The lowest BCUT2D eigenvalue weighted by atomic mass is 10.2. The van der Waals surface area contributed by atoms with Crippen molar-refractivity contribution in [1.29, 1.82) is 0 Å². The summed E-state index contributed by atoms with van der Waals surface area (Å²) in [6.07, 6.45) is 3.26. The Hall–Kier alpha value is -3.42. The van der Waals surface area contributed by atoms with Gasteiger partial charge < -0.3 is 19.7 Å². The van der Waals surface area contributed by atoms with E-state index in [0.29, 0.717) is 29.8 Å². The molecular formula is C24H24ClN5O2. The first-order valence-electron chi connectivity index (χ1n) is 10.2. The van der Waals surface area contributed by atoms with Crippen LogP contribution in [0.1, 0.15) is 5.69 Å². The molecular weight excluding hydrogens is 426 g/mol. The normalized spacial score (nSPS) is 11.0. The molecule has 2 heterocycles. The zero-order valence-corrected chi connectivity index (χ0v) is 18.7. The molecule has 4 aromatic rings. The summed E-state index contributed by atoms with van der Waals surface area (Å²) in [4.78, 5) is 15.1. The molecule has 0 saturated heterocycles. The van der Waals surface area contributed by atoms with E-state index < -0.39 is 0 Å². The summed E-state index contributed by atoms with van der Waals surface area (Å²) >= 11 is 6.46. The quantitative estimate of drug-likeness (QED) is 0.388. The van der Waals surface area contributed by atoms with Crippen molar-refractivity contribution >= 4 is 34.0 Å². The number of pyridine rings is 1. The van der Waals surface area contributed by atoms with Gasteiger partial charge in [-0.15, -0.1) is 0 Å². The van der Waals surface area contributed by atoms with Crippen molar-refractivity contribution in [1.82, 2.24) is 19.9 Å². The third kappa shape index (κ3) is 5.43. The number of hydrogen-bond donors (Lipinski definition) is 1. The fraction of sp³-hybridized carbons (Fsp3) is 0.208. The maximum atomic E-state index is 6.46. The Kier molecular flexibility index (Phi) is 6.99. The van der Waals surface area contributed by atoms with Crippen LogP contribution in [-0.2, 0) is 6.61 Å². The smallest absolute Gasteiger partial charge is 0.145 e. The molecule has 0 amide bonds. The van der Waals surface area contributed by atoms with Crippen molar-refractivity contribution in [2.75, 3.05) is 32.6 Å². The maximum Gasteiger partial charge on any atom is 0.145 e. The number of nitrogens with zero attached hydrogens (tertiary/aromatic N) is 4. The molecule has 7 nitrogen and oxygen atoms in total. The number of halogens is 1. The first kappa shape index (κ1) is 21.8. The number of likely N-dealkylation sites (N-methyl/N-ethyl adjacent to an activating group) is 1. The first-order chi connectivity index (χ1) is 15.6. The monoisotopic (exact) mass is 449 g/mol. The molecule has 0 saturated carbocycles. The van der Waals surface area contributed by atoms with E-state index in [-0.39, 0.29) is 0 Å². The maximum absolute atomic E-state index is 6.46. The molecule has 0 bridgehead atoms. The first-order valence-corrected chi connectivity index (χ1v) is 10.6. The summed E-state index contributed by atoms with van der Waals surface area (Å²) < 4.78 is 11.8. The average molecular weight is 450 g/mol. The van der Waals surface area contributed by atoms with Crippen LogP contribution in [0.25, 0.3) is 10.9 Å². The fourth-order valence-corrected chi connectivity index (χ4v) is 3.33. The molecule has 0 atom stereocenters. The summed E-state index contributed by atoms with van der Waals surface area (Å²) in [7, 11) is 4.02. The number of nitrogens with one attached hydrogen (secondary N) is 1. The largest absolute Gasteiger partial charge is 0.491 e. The highest BCUT2D eigenvalue weighted by atomic mass is 35.5. The molecule has 164 valence electrons. The van der Waals surface area contributed by atoms with E-state index in [4.69, 9.17) is 21.1 Å². The lowest BCUT2D eigenvalue weighted by molar-refractivity contribution is 0.263. The summed E-state index contributed by atoms with van der Waals surface area (Å²) in [6, 6.07) is 17.0. The zero-order valence-electron chi connectivity index (χ0n) is 18.0. The van der Waals surface area contributed by atoms with Crippen LogP contribution in [0.4, 0.5) is 11.5 Å². The Morgan fingerprint density at radius 2 is 1.84 bits per heavy atom. The van der Waals surface area contributed by atoms with Crippen molar-refractivity contribution in [3.63, 3.8) is 0 Å². The van der Waals surface area contributed by atoms with Crippen molar-refractivity contribution < 1.29 is 9.47 Å². The van der Waals surface area contributed by atoms with Gasteiger partial charge in [0.2, 0.25) is 0 Å². The summed E-state index contributed by atoms with van der Waals surface area (Å²) in [5.74, 6) is 1.96. The summed E-state index contributed by atoms with van der Waals surface area (Å²) in [6.45, 7) is 1.72. The van der Waals surface area contributed by atoms with Crippen LogP contribution >= 0.6 is 11.6 Å². The number of anilines is 2. The van der Waals surface area contributed by atoms with Gasteiger partial charge in [0.25, 0.3) is 0 Å². The molecule has 0 aliphatic carbocycles. The van der Waals surface area contributed by atoms with E-state index in [9.17, 15) is 0 Å². The van der Waals surface area contributed by atoms with Gasteiger partial charge in [0, 0.05) is 18.4 Å². The SMILES string of the molecule is CN(C)CCOc1cccc2ncnc(Nc3ccc(OCc4ccccn4)c(Cl)c3)c12. The number of benzene rings is 2. The van der Waals surface area contributed by atoms with Gasteiger partial charge in [0.05, 0.1) is 21.6 Å².